The summed E-state index contributed by atoms with van der Waals surface area (Å²) in [5.74, 6) is 4.52. The fourth-order valence-corrected chi connectivity index (χ4v) is 18.9. The third-order valence-electron chi connectivity index (χ3n) is 20.6. The van der Waals surface area contributed by atoms with E-state index >= 15 is 0 Å². The number of nitrogens with two attached hydrogens (primary N) is 1. The monoisotopic (exact) mass is 965 g/mol. The van der Waals surface area contributed by atoms with Crippen molar-refractivity contribution in [1.82, 2.24) is 25.8 Å². The van der Waals surface area contributed by atoms with Crippen molar-refractivity contribution in [1.29, 1.82) is 0 Å². The zero-order valence-electron chi connectivity index (χ0n) is 41.8. The standard InChI is InChI=1S/C63H76N6OS/c64-50-35-39(62-65-61(38-27-33-58-49(34-38)44-19-9-13-25-57(44)71-58)66-63(67-62)46-20-5-4-16-41(46)37-14-2-1-3-15-37)26-30-53(50)69-51-22-10-6-17-42(51)45-29-31-54-59(60(45)69)47-21-7-11-23-52(47)68(54)40-28-32-56-48(36-40)43-18-8-12-24-55(43)70-56/h1-2,4-8,12,14,17-18,21,24,27,33,35,39-42,46,48-49,51,53-54,56,59,61-63,65-67H,3,9-11,13,15-16,19-20,22-23,25-26,28-32,34,36,64H2. The Hall–Kier alpha value is -4.21. The third-order valence-corrected chi connectivity index (χ3v) is 22.0. The normalized spacial score (nSPS) is 40.9. The average Bonchev–Trinajstić information content (AvgIpc) is 4.19. The van der Waals surface area contributed by atoms with Crippen LogP contribution in [0.3, 0.4) is 0 Å². The van der Waals surface area contributed by atoms with Gasteiger partial charge in [-0.15, -0.1) is 0 Å². The van der Waals surface area contributed by atoms with Gasteiger partial charge in [0.2, 0.25) is 0 Å². The minimum atomic E-state index is 0.129. The van der Waals surface area contributed by atoms with Gasteiger partial charge in [-0.1, -0.05) is 114 Å². The number of fused-ring (bicyclic) bond motifs is 10. The molecule has 370 valence electrons. The highest BCUT2D eigenvalue weighted by molar-refractivity contribution is 8.07. The minimum absolute atomic E-state index is 0.129. The van der Waals surface area contributed by atoms with Crippen LogP contribution in [0.15, 0.2) is 152 Å². The highest BCUT2D eigenvalue weighted by atomic mass is 32.2. The summed E-state index contributed by atoms with van der Waals surface area (Å²) in [6, 6.07) is 10.8. The number of thioether (sulfide) groups is 1. The molecule has 1 aromatic rings. The maximum Gasteiger partial charge on any atom is 0.123 e. The molecule has 5 heterocycles. The zero-order valence-corrected chi connectivity index (χ0v) is 42.6. The fourth-order valence-electron chi connectivity index (χ4n) is 17.5. The molecule has 0 aromatic heterocycles. The molecule has 1 saturated carbocycles. The molecule has 1 saturated heterocycles. The predicted octanol–water partition coefficient (Wildman–Crippen LogP) is 12.3. The lowest BCUT2D eigenvalue weighted by Gasteiger charge is -2.50. The van der Waals surface area contributed by atoms with Crippen LogP contribution >= 0.6 is 11.8 Å². The van der Waals surface area contributed by atoms with Crippen molar-refractivity contribution in [2.24, 2.45) is 41.2 Å². The molecule has 0 bridgehead atoms. The summed E-state index contributed by atoms with van der Waals surface area (Å²) in [5, 5.41) is 12.9. The fraction of sp³-hybridized carbons (Fsp3) is 0.556. The highest BCUT2D eigenvalue weighted by Gasteiger charge is 2.56. The van der Waals surface area contributed by atoms with Gasteiger partial charge in [-0.05, 0) is 173 Å². The van der Waals surface area contributed by atoms with Gasteiger partial charge in [0.1, 0.15) is 11.9 Å². The number of hydrogen-bond acceptors (Lipinski definition) is 8. The molecule has 0 spiro atoms. The Kier molecular flexibility index (Phi) is 11.2. The quantitative estimate of drug-likeness (QED) is 0.210. The lowest BCUT2D eigenvalue weighted by atomic mass is 9.73. The molecule has 71 heavy (non-hydrogen) atoms. The van der Waals surface area contributed by atoms with Crippen LogP contribution in [0.2, 0.25) is 0 Å². The van der Waals surface area contributed by atoms with Gasteiger partial charge in [-0.25, -0.2) is 0 Å². The number of allylic oxidation sites excluding steroid dienone is 15. The van der Waals surface area contributed by atoms with E-state index in [9.17, 15) is 0 Å². The molecule has 8 heteroatoms. The van der Waals surface area contributed by atoms with Crippen LogP contribution in [0, 0.1) is 35.5 Å². The first-order valence-corrected chi connectivity index (χ1v) is 29.6. The summed E-state index contributed by atoms with van der Waals surface area (Å²) in [6.45, 7) is 0. The Labute approximate surface area is 427 Å². The summed E-state index contributed by atoms with van der Waals surface area (Å²) in [6.07, 6.45) is 54.7. The second kappa shape index (κ2) is 18.0. The number of nitrogens with zero attached hydrogens (tertiary/aromatic N) is 2. The van der Waals surface area contributed by atoms with E-state index in [0.29, 0.717) is 65.7 Å². The van der Waals surface area contributed by atoms with E-state index in [0.717, 1.165) is 62.8 Å². The Morgan fingerprint density at radius 1 is 0.718 bits per heavy atom. The molecular formula is C63H76N6OS. The molecule has 14 aliphatic rings. The van der Waals surface area contributed by atoms with Crippen molar-refractivity contribution in [3.8, 4) is 5.75 Å². The molecule has 5 N–H and O–H groups in total. The molecule has 0 amide bonds. The molecule has 0 radical (unpaired) electrons. The van der Waals surface area contributed by atoms with Crippen molar-refractivity contribution in [3.05, 3.63) is 158 Å². The van der Waals surface area contributed by atoms with E-state index in [1.54, 1.807) is 43.5 Å². The second-order valence-corrected chi connectivity index (χ2v) is 25.2. The number of benzene rings is 1. The van der Waals surface area contributed by atoms with Gasteiger partial charge >= 0.3 is 0 Å². The van der Waals surface area contributed by atoms with Gasteiger partial charge in [-0.3, -0.25) is 16.0 Å². The highest BCUT2D eigenvalue weighted by Crippen LogP contribution is 2.59. The van der Waals surface area contributed by atoms with E-state index in [2.05, 4.69) is 135 Å². The van der Waals surface area contributed by atoms with E-state index in [4.69, 9.17) is 10.5 Å². The van der Waals surface area contributed by atoms with Crippen LogP contribution in [0.25, 0.3) is 0 Å². The number of nitrogens with one attached hydrogen (secondary N) is 3. The smallest absolute Gasteiger partial charge is 0.123 e. The molecule has 15 atom stereocenters. The van der Waals surface area contributed by atoms with Gasteiger partial charge in [-0.2, -0.15) is 0 Å². The van der Waals surface area contributed by atoms with Crippen LogP contribution in [-0.4, -0.2) is 58.6 Å². The number of para-hydroxylation sites is 1. The lowest BCUT2D eigenvalue weighted by Crippen LogP contribution is -2.72. The number of ether oxygens (including phenoxy) is 1. The molecule has 15 unspecified atom stereocenters. The van der Waals surface area contributed by atoms with Gasteiger partial charge in [0.25, 0.3) is 0 Å². The largest absolute Gasteiger partial charge is 0.489 e. The molecular weight excluding hydrogens is 889 g/mol. The Morgan fingerprint density at radius 2 is 1.63 bits per heavy atom. The molecule has 1 aromatic carbocycles. The maximum absolute atomic E-state index is 7.71. The molecule has 2 fully saturated rings. The van der Waals surface area contributed by atoms with E-state index < -0.39 is 0 Å². The third kappa shape index (κ3) is 7.35. The van der Waals surface area contributed by atoms with Crippen molar-refractivity contribution in [2.45, 2.75) is 183 Å². The zero-order chi connectivity index (χ0) is 46.7. The summed E-state index contributed by atoms with van der Waals surface area (Å²) in [7, 11) is 0. The summed E-state index contributed by atoms with van der Waals surface area (Å²) in [5.41, 5.74) is 22.0. The first kappa shape index (κ1) is 44.3. The van der Waals surface area contributed by atoms with E-state index in [1.807, 2.05) is 0 Å². The van der Waals surface area contributed by atoms with Crippen LogP contribution in [0.4, 0.5) is 0 Å². The Balaban J connectivity index is 0.736. The minimum Gasteiger partial charge on any atom is -0.489 e. The van der Waals surface area contributed by atoms with Gasteiger partial charge < -0.3 is 20.3 Å². The van der Waals surface area contributed by atoms with Crippen molar-refractivity contribution >= 4 is 11.8 Å². The maximum atomic E-state index is 7.71. The number of hydrogen-bond donors (Lipinski definition) is 4. The number of rotatable bonds is 6. The van der Waals surface area contributed by atoms with Crippen molar-refractivity contribution in [2.75, 3.05) is 0 Å². The van der Waals surface area contributed by atoms with E-state index in [-0.39, 0.29) is 24.5 Å². The summed E-state index contributed by atoms with van der Waals surface area (Å²) < 4.78 is 6.60. The van der Waals surface area contributed by atoms with Crippen LogP contribution in [-0.2, 0) is 0 Å². The predicted molar refractivity (Wildman–Crippen MR) is 288 cm³/mol. The van der Waals surface area contributed by atoms with Crippen LogP contribution < -0.4 is 26.4 Å². The SMILES string of the molecule is NC1=CC(C2NC(C3=CC=C4SC5=C(CCCC5)C4C3)NC(C3CC=CCC3C3=CC=CCC3)N2)CCC1N1C2=C(CCC3C2C2=C(CCC=C2)N3C2CCC3Oc4ccccc4C3C2)C2C=CCCC21. The van der Waals surface area contributed by atoms with Gasteiger partial charge in [0.15, 0.2) is 0 Å². The average molecular weight is 965 g/mol. The van der Waals surface area contributed by atoms with E-state index in [1.165, 1.54) is 88.2 Å². The first-order chi connectivity index (χ1) is 35.1. The Morgan fingerprint density at radius 3 is 2.58 bits per heavy atom. The topological polar surface area (TPSA) is 77.8 Å². The Bertz CT molecular complexity index is 2710. The summed E-state index contributed by atoms with van der Waals surface area (Å²) >= 11 is 2.11. The van der Waals surface area contributed by atoms with Crippen molar-refractivity contribution < 1.29 is 4.74 Å². The molecule has 9 aliphatic carbocycles. The van der Waals surface area contributed by atoms with Crippen LogP contribution in [0.1, 0.15) is 140 Å². The molecule has 5 aliphatic heterocycles. The van der Waals surface area contributed by atoms with Gasteiger partial charge in [0.05, 0.1) is 24.5 Å². The molecule has 7 nitrogen and oxygen atoms in total. The summed E-state index contributed by atoms with van der Waals surface area (Å²) in [4.78, 5) is 9.34. The second-order valence-electron chi connectivity index (χ2n) is 24.1. The van der Waals surface area contributed by atoms with Crippen molar-refractivity contribution in [3.63, 3.8) is 0 Å². The molecule has 15 rings (SSSR count). The van der Waals surface area contributed by atoms with Gasteiger partial charge in [0, 0.05) is 70.4 Å². The van der Waals surface area contributed by atoms with Crippen LogP contribution in [0.5, 0.6) is 5.75 Å². The lowest BCUT2D eigenvalue weighted by molar-refractivity contribution is 0.0734. The first-order valence-electron chi connectivity index (χ1n) is 28.8.